The number of nitrogens with zero attached hydrogens (tertiary/aromatic N) is 1. The highest BCUT2D eigenvalue weighted by molar-refractivity contribution is 5.69. The van der Waals surface area contributed by atoms with Gasteiger partial charge in [0.05, 0.1) is 25.8 Å². The van der Waals surface area contributed by atoms with Gasteiger partial charge in [0.25, 0.3) is 0 Å². The molecule has 4 rings (SSSR count). The monoisotopic (exact) mass is 420 g/mol. The minimum atomic E-state index is -0.155. The molecule has 1 aliphatic heterocycles. The van der Waals surface area contributed by atoms with Gasteiger partial charge >= 0.3 is 5.97 Å². The summed E-state index contributed by atoms with van der Waals surface area (Å²) in [6.45, 7) is 4.16. The molecule has 2 atom stereocenters. The Balaban J connectivity index is 1.32. The highest BCUT2D eigenvalue weighted by atomic mass is 16.5. The van der Waals surface area contributed by atoms with Crippen LogP contribution in [0, 0.1) is 12.8 Å². The summed E-state index contributed by atoms with van der Waals surface area (Å²) in [5.74, 6) is 2.70. The Bertz CT molecular complexity index is 998. The smallest absolute Gasteiger partial charge is 0.305 e. The summed E-state index contributed by atoms with van der Waals surface area (Å²) in [5, 5.41) is 3.38. The van der Waals surface area contributed by atoms with Crippen LogP contribution in [0.4, 0.5) is 0 Å². The van der Waals surface area contributed by atoms with Crippen LogP contribution in [0.25, 0.3) is 11.5 Å². The predicted octanol–water partition coefficient (Wildman–Crippen LogP) is 4.14. The number of carbonyl (C=O) groups excluding carboxylic acids is 1. The lowest BCUT2D eigenvalue weighted by atomic mass is 9.87. The molecule has 0 saturated carbocycles. The maximum atomic E-state index is 11.7. The van der Waals surface area contributed by atoms with Crippen molar-refractivity contribution in [2.24, 2.45) is 5.92 Å². The van der Waals surface area contributed by atoms with Crippen molar-refractivity contribution in [1.29, 1.82) is 0 Å². The van der Waals surface area contributed by atoms with Crippen molar-refractivity contribution in [3.63, 3.8) is 0 Å². The van der Waals surface area contributed by atoms with E-state index in [1.54, 1.807) is 0 Å². The Morgan fingerprint density at radius 3 is 2.65 bits per heavy atom. The van der Waals surface area contributed by atoms with Gasteiger partial charge in [-0.2, -0.15) is 0 Å². The molecule has 2 heterocycles. The number of hydrogen-bond donors (Lipinski definition) is 1. The van der Waals surface area contributed by atoms with Crippen LogP contribution in [-0.2, 0) is 16.0 Å². The molecule has 0 radical (unpaired) electrons. The highest BCUT2D eigenvalue weighted by Crippen LogP contribution is 2.31. The molecular formula is C25H28N2O4. The quantitative estimate of drug-likeness (QED) is 0.552. The van der Waals surface area contributed by atoms with E-state index in [0.29, 0.717) is 31.3 Å². The van der Waals surface area contributed by atoms with Crippen LogP contribution >= 0.6 is 0 Å². The van der Waals surface area contributed by atoms with Crippen molar-refractivity contribution in [3.8, 4) is 17.2 Å². The van der Waals surface area contributed by atoms with Gasteiger partial charge in [-0.05, 0) is 49.2 Å². The minimum Gasteiger partial charge on any atom is -0.493 e. The van der Waals surface area contributed by atoms with Gasteiger partial charge in [0.15, 0.2) is 0 Å². The number of benzene rings is 2. The zero-order valence-electron chi connectivity index (χ0n) is 18.0. The van der Waals surface area contributed by atoms with Crippen LogP contribution in [0.2, 0.25) is 0 Å². The first-order valence-electron chi connectivity index (χ1n) is 10.7. The number of ether oxygens (including phenoxy) is 2. The van der Waals surface area contributed by atoms with Gasteiger partial charge in [0, 0.05) is 24.4 Å². The molecule has 6 nitrogen and oxygen atoms in total. The summed E-state index contributed by atoms with van der Waals surface area (Å²) < 4.78 is 16.6. The van der Waals surface area contributed by atoms with Gasteiger partial charge in [-0.3, -0.25) is 4.79 Å². The summed E-state index contributed by atoms with van der Waals surface area (Å²) in [6, 6.07) is 18.1. The van der Waals surface area contributed by atoms with E-state index in [1.165, 1.54) is 12.7 Å². The summed E-state index contributed by atoms with van der Waals surface area (Å²) >= 11 is 0. The van der Waals surface area contributed by atoms with Gasteiger partial charge in [-0.15, -0.1) is 0 Å². The first-order valence-corrected chi connectivity index (χ1v) is 10.7. The maximum Gasteiger partial charge on any atom is 0.305 e. The van der Waals surface area contributed by atoms with Gasteiger partial charge in [-0.1, -0.05) is 30.3 Å². The molecule has 3 aromatic rings. The Morgan fingerprint density at radius 1 is 1.13 bits per heavy atom. The fourth-order valence-electron chi connectivity index (χ4n) is 4.08. The lowest BCUT2D eigenvalue weighted by Crippen LogP contribution is -2.16. The Labute approximate surface area is 182 Å². The second-order valence-corrected chi connectivity index (χ2v) is 7.86. The van der Waals surface area contributed by atoms with E-state index in [-0.39, 0.29) is 11.9 Å². The molecule has 1 aromatic heterocycles. The molecule has 0 amide bonds. The lowest BCUT2D eigenvalue weighted by Gasteiger charge is -2.18. The lowest BCUT2D eigenvalue weighted by molar-refractivity contribution is -0.141. The van der Waals surface area contributed by atoms with Crippen LogP contribution in [0.3, 0.4) is 0 Å². The molecule has 31 heavy (non-hydrogen) atoms. The standard InChI is InChI=1S/C25H28N2O4/c1-17-23(27-25(31-17)19-6-4-3-5-7-19)12-13-30-21-10-8-18(9-11-21)22-16-26-15-20(22)14-24(28)29-2/h3-11,20,22,26H,12-16H2,1-2H3/t20-,22-/m0/s1. The highest BCUT2D eigenvalue weighted by Gasteiger charge is 2.30. The molecule has 1 saturated heterocycles. The van der Waals surface area contributed by atoms with E-state index in [4.69, 9.17) is 13.9 Å². The molecule has 2 aromatic carbocycles. The first-order chi connectivity index (χ1) is 15.1. The third kappa shape index (κ3) is 5.14. The number of esters is 1. The van der Waals surface area contributed by atoms with Crippen molar-refractivity contribution in [1.82, 2.24) is 10.3 Å². The molecule has 0 bridgehead atoms. The summed E-state index contributed by atoms with van der Waals surface area (Å²) in [4.78, 5) is 16.3. The SMILES string of the molecule is COC(=O)C[C@H]1CNC[C@H]1c1ccc(OCCc2nc(-c3ccccc3)oc2C)cc1. The Morgan fingerprint density at radius 2 is 1.90 bits per heavy atom. The van der Waals surface area contributed by atoms with Crippen LogP contribution in [0.1, 0.15) is 29.4 Å². The maximum absolute atomic E-state index is 11.7. The number of oxazole rings is 1. The van der Waals surface area contributed by atoms with Gasteiger partial charge in [-0.25, -0.2) is 4.98 Å². The number of hydrogen-bond acceptors (Lipinski definition) is 6. The van der Waals surface area contributed by atoms with Crippen LogP contribution in [0.5, 0.6) is 5.75 Å². The average Bonchev–Trinajstić information content (AvgIpc) is 3.41. The van der Waals surface area contributed by atoms with E-state index < -0.39 is 0 Å². The number of aryl methyl sites for hydroxylation is 1. The van der Waals surface area contributed by atoms with Crippen LogP contribution in [-0.4, -0.2) is 37.8 Å². The van der Waals surface area contributed by atoms with Gasteiger partial charge < -0.3 is 19.2 Å². The fraction of sp³-hybridized carbons (Fsp3) is 0.360. The number of methoxy groups -OCH3 is 1. The van der Waals surface area contributed by atoms with Crippen LogP contribution in [0.15, 0.2) is 59.0 Å². The molecule has 0 spiro atoms. The van der Waals surface area contributed by atoms with Gasteiger partial charge in [0.2, 0.25) is 5.89 Å². The van der Waals surface area contributed by atoms with Crippen molar-refractivity contribution < 1.29 is 18.7 Å². The molecule has 0 unspecified atom stereocenters. The second kappa shape index (κ2) is 9.79. The third-order valence-electron chi connectivity index (χ3n) is 5.83. The molecule has 1 N–H and O–H groups in total. The molecule has 6 heteroatoms. The van der Waals surface area contributed by atoms with Crippen molar-refractivity contribution >= 4 is 5.97 Å². The van der Waals surface area contributed by atoms with Crippen molar-refractivity contribution in [2.45, 2.75) is 25.7 Å². The zero-order chi connectivity index (χ0) is 21.6. The van der Waals surface area contributed by atoms with Crippen LogP contribution < -0.4 is 10.1 Å². The summed E-state index contributed by atoms with van der Waals surface area (Å²) in [6.07, 6.45) is 1.12. The topological polar surface area (TPSA) is 73.6 Å². The molecule has 162 valence electrons. The van der Waals surface area contributed by atoms with Crippen molar-refractivity contribution in [2.75, 3.05) is 26.8 Å². The fourth-order valence-corrected chi connectivity index (χ4v) is 4.08. The third-order valence-corrected chi connectivity index (χ3v) is 5.83. The molecule has 0 aliphatic carbocycles. The largest absolute Gasteiger partial charge is 0.493 e. The molecule has 1 fully saturated rings. The van der Waals surface area contributed by atoms with E-state index in [1.807, 2.05) is 49.4 Å². The number of aromatic nitrogens is 1. The first kappa shape index (κ1) is 21.1. The molecule has 1 aliphatic rings. The van der Waals surface area contributed by atoms with E-state index in [9.17, 15) is 4.79 Å². The summed E-state index contributed by atoms with van der Waals surface area (Å²) in [5.41, 5.74) is 3.10. The average molecular weight is 421 g/mol. The normalized spacial score (nSPS) is 18.1. The summed E-state index contributed by atoms with van der Waals surface area (Å²) in [7, 11) is 1.44. The number of nitrogens with one attached hydrogen (secondary N) is 1. The molecular weight excluding hydrogens is 392 g/mol. The predicted molar refractivity (Wildman–Crippen MR) is 118 cm³/mol. The second-order valence-electron chi connectivity index (χ2n) is 7.86. The zero-order valence-corrected chi connectivity index (χ0v) is 18.0. The van der Waals surface area contributed by atoms with E-state index in [2.05, 4.69) is 22.4 Å². The van der Waals surface area contributed by atoms with Gasteiger partial charge in [0.1, 0.15) is 11.5 Å². The van der Waals surface area contributed by atoms with Crippen molar-refractivity contribution in [3.05, 3.63) is 71.6 Å². The van der Waals surface area contributed by atoms with E-state index >= 15 is 0 Å². The Kier molecular flexibility index (Phi) is 6.67. The number of carbonyl (C=O) groups is 1. The Hall–Kier alpha value is -3.12. The van der Waals surface area contributed by atoms with E-state index in [0.717, 1.165) is 35.9 Å². The minimum absolute atomic E-state index is 0.155. The number of rotatable bonds is 8.